The molecule has 0 amide bonds. The van der Waals surface area contributed by atoms with Crippen molar-refractivity contribution in [2.75, 3.05) is 0 Å². The lowest BCUT2D eigenvalue weighted by Gasteiger charge is -2.10. The average molecular weight is 415 g/mol. The first-order chi connectivity index (χ1) is 9.29. The van der Waals surface area contributed by atoms with Gasteiger partial charge in [0.05, 0.1) is 15.2 Å². The monoisotopic (exact) mass is 414 g/mol. The summed E-state index contributed by atoms with van der Waals surface area (Å²) in [5.74, 6) is 0.222. The van der Waals surface area contributed by atoms with Crippen LogP contribution in [0.25, 0.3) is 5.65 Å². The zero-order valence-electron chi connectivity index (χ0n) is 10.5. The predicted molar refractivity (Wildman–Crippen MR) is 79.6 cm³/mol. The number of hydrogen-bond acceptors (Lipinski definition) is 1. The van der Waals surface area contributed by atoms with Gasteiger partial charge in [0.25, 0.3) is 0 Å². The fourth-order valence-corrected chi connectivity index (χ4v) is 3.21. The van der Waals surface area contributed by atoms with Crippen LogP contribution in [0.4, 0.5) is 13.2 Å². The van der Waals surface area contributed by atoms with E-state index >= 15 is 0 Å². The van der Waals surface area contributed by atoms with Gasteiger partial charge in [-0.1, -0.05) is 34.2 Å². The summed E-state index contributed by atoms with van der Waals surface area (Å²) in [5, 5.41) is 0.273. The third kappa shape index (κ3) is 2.41. The molecule has 0 bridgehead atoms. The molecule has 1 saturated carbocycles. The number of fused-ring (bicyclic) bond motifs is 1. The van der Waals surface area contributed by atoms with E-state index in [4.69, 9.17) is 11.6 Å². The van der Waals surface area contributed by atoms with Gasteiger partial charge in [-0.2, -0.15) is 13.2 Å². The smallest absolute Gasteiger partial charge is 0.289 e. The first kappa shape index (κ1) is 14.4. The van der Waals surface area contributed by atoms with Crippen molar-refractivity contribution in [2.45, 2.75) is 35.8 Å². The maximum absolute atomic E-state index is 13.2. The van der Waals surface area contributed by atoms with Crippen LogP contribution in [0.3, 0.4) is 0 Å². The SMILES string of the molecule is CC(I)c1nc2c(C(F)(F)F)cc(C3CC3)cn2c1Cl. The second-order valence-corrected chi connectivity index (χ2v) is 7.28. The number of aromatic nitrogens is 2. The summed E-state index contributed by atoms with van der Waals surface area (Å²) in [6.45, 7) is 1.85. The van der Waals surface area contributed by atoms with Crippen molar-refractivity contribution in [3.63, 3.8) is 0 Å². The maximum atomic E-state index is 13.2. The number of imidazole rings is 1. The van der Waals surface area contributed by atoms with Crippen molar-refractivity contribution in [3.05, 3.63) is 34.2 Å². The third-order valence-electron chi connectivity index (χ3n) is 3.44. The lowest BCUT2D eigenvalue weighted by molar-refractivity contribution is -0.136. The van der Waals surface area contributed by atoms with Gasteiger partial charge in [0.15, 0.2) is 5.65 Å². The van der Waals surface area contributed by atoms with Crippen LogP contribution in [0, 0.1) is 0 Å². The topological polar surface area (TPSA) is 17.3 Å². The molecular weight excluding hydrogens is 404 g/mol. The molecule has 1 unspecified atom stereocenters. The van der Waals surface area contributed by atoms with E-state index < -0.39 is 11.7 Å². The molecule has 0 saturated heterocycles. The Balaban J connectivity index is 2.31. The van der Waals surface area contributed by atoms with Gasteiger partial charge in [-0.3, -0.25) is 4.40 Å². The summed E-state index contributed by atoms with van der Waals surface area (Å²) >= 11 is 8.29. The van der Waals surface area contributed by atoms with Crippen LogP contribution in [-0.2, 0) is 6.18 Å². The molecule has 1 aliphatic rings. The Hall–Kier alpha value is -0.500. The van der Waals surface area contributed by atoms with E-state index in [9.17, 15) is 13.2 Å². The molecule has 0 spiro atoms. The van der Waals surface area contributed by atoms with Gasteiger partial charge < -0.3 is 0 Å². The number of pyridine rings is 1. The highest BCUT2D eigenvalue weighted by molar-refractivity contribution is 14.1. The quantitative estimate of drug-likeness (QED) is 0.476. The molecule has 1 aliphatic carbocycles. The highest BCUT2D eigenvalue weighted by Gasteiger charge is 2.37. The van der Waals surface area contributed by atoms with Gasteiger partial charge in [0.2, 0.25) is 0 Å². The van der Waals surface area contributed by atoms with Crippen molar-refractivity contribution in [2.24, 2.45) is 0 Å². The third-order valence-corrected chi connectivity index (χ3v) is 4.40. The predicted octanol–water partition coefficient (Wildman–Crippen LogP) is 5.38. The molecule has 2 aromatic heterocycles. The Morgan fingerprint density at radius 1 is 1.45 bits per heavy atom. The van der Waals surface area contributed by atoms with E-state index in [1.165, 1.54) is 10.5 Å². The first-order valence-corrected chi connectivity index (χ1v) is 7.84. The lowest BCUT2D eigenvalue weighted by Crippen LogP contribution is -2.09. The van der Waals surface area contributed by atoms with E-state index in [-0.39, 0.29) is 20.6 Å². The van der Waals surface area contributed by atoms with Crippen molar-refractivity contribution in [1.82, 2.24) is 9.38 Å². The van der Waals surface area contributed by atoms with Crippen molar-refractivity contribution < 1.29 is 13.2 Å². The lowest BCUT2D eigenvalue weighted by atomic mass is 10.1. The zero-order chi connectivity index (χ0) is 14.7. The number of nitrogens with zero attached hydrogens (tertiary/aromatic N) is 2. The average Bonchev–Trinajstić information content (AvgIpc) is 3.12. The summed E-state index contributed by atoms with van der Waals surface area (Å²) < 4.78 is 41.0. The largest absolute Gasteiger partial charge is 0.419 e. The minimum atomic E-state index is -4.42. The number of hydrogen-bond donors (Lipinski definition) is 0. The zero-order valence-corrected chi connectivity index (χ0v) is 13.4. The van der Waals surface area contributed by atoms with Gasteiger partial charge in [-0.05, 0) is 37.3 Å². The van der Waals surface area contributed by atoms with E-state index in [0.717, 1.165) is 12.8 Å². The minimum Gasteiger partial charge on any atom is -0.289 e. The van der Waals surface area contributed by atoms with Crippen LogP contribution in [-0.4, -0.2) is 9.38 Å². The number of rotatable bonds is 2. The molecule has 1 fully saturated rings. The van der Waals surface area contributed by atoms with Crippen molar-refractivity contribution in [3.8, 4) is 0 Å². The van der Waals surface area contributed by atoms with E-state index in [0.29, 0.717) is 11.3 Å². The van der Waals surface area contributed by atoms with Gasteiger partial charge >= 0.3 is 6.18 Å². The minimum absolute atomic E-state index is 0.0505. The highest BCUT2D eigenvalue weighted by Crippen LogP contribution is 2.44. The molecular formula is C13H11ClF3IN2. The molecule has 0 N–H and O–H groups in total. The number of alkyl halides is 4. The van der Waals surface area contributed by atoms with Gasteiger partial charge in [-0.15, -0.1) is 0 Å². The molecule has 2 heterocycles. The summed E-state index contributed by atoms with van der Waals surface area (Å²) in [4.78, 5) is 4.10. The van der Waals surface area contributed by atoms with Crippen LogP contribution in [0.1, 0.15) is 46.4 Å². The molecule has 7 heteroatoms. The maximum Gasteiger partial charge on any atom is 0.419 e. The normalized spacial score (nSPS) is 17.7. The molecule has 108 valence electrons. The Morgan fingerprint density at radius 3 is 2.60 bits per heavy atom. The van der Waals surface area contributed by atoms with E-state index in [1.807, 2.05) is 6.92 Å². The summed E-state index contributed by atoms with van der Waals surface area (Å²) in [5.41, 5.74) is 0.375. The molecule has 2 aromatic rings. The highest BCUT2D eigenvalue weighted by atomic mass is 127. The van der Waals surface area contributed by atoms with Gasteiger partial charge in [-0.25, -0.2) is 4.98 Å². The fourth-order valence-electron chi connectivity index (χ4n) is 2.26. The van der Waals surface area contributed by atoms with Crippen LogP contribution < -0.4 is 0 Å². The van der Waals surface area contributed by atoms with Crippen LogP contribution in [0.2, 0.25) is 5.15 Å². The van der Waals surface area contributed by atoms with Crippen LogP contribution in [0.15, 0.2) is 12.3 Å². The Bertz CT molecular complexity index is 674. The molecule has 20 heavy (non-hydrogen) atoms. The summed E-state index contributed by atoms with van der Waals surface area (Å²) in [6.07, 6.45) is -0.859. The summed E-state index contributed by atoms with van der Waals surface area (Å²) in [6, 6.07) is 1.22. The molecule has 1 atom stereocenters. The second-order valence-electron chi connectivity index (χ2n) is 5.06. The van der Waals surface area contributed by atoms with Crippen molar-refractivity contribution >= 4 is 39.8 Å². The Kier molecular flexibility index (Phi) is 3.44. The Morgan fingerprint density at radius 2 is 2.10 bits per heavy atom. The second kappa shape index (κ2) is 4.76. The van der Waals surface area contributed by atoms with E-state index in [2.05, 4.69) is 27.6 Å². The fraction of sp³-hybridized carbons (Fsp3) is 0.462. The van der Waals surface area contributed by atoms with Crippen LogP contribution in [0.5, 0.6) is 0 Å². The van der Waals surface area contributed by atoms with Gasteiger partial charge in [0, 0.05) is 6.20 Å². The van der Waals surface area contributed by atoms with E-state index in [1.54, 1.807) is 6.20 Å². The summed E-state index contributed by atoms with van der Waals surface area (Å²) in [7, 11) is 0. The molecule has 0 aliphatic heterocycles. The molecule has 0 aromatic carbocycles. The van der Waals surface area contributed by atoms with Gasteiger partial charge in [0.1, 0.15) is 5.15 Å². The van der Waals surface area contributed by atoms with Crippen LogP contribution >= 0.6 is 34.2 Å². The molecule has 0 radical (unpaired) electrons. The number of halogens is 5. The van der Waals surface area contributed by atoms with Crippen molar-refractivity contribution in [1.29, 1.82) is 0 Å². The Labute approximate surface area is 132 Å². The first-order valence-electron chi connectivity index (χ1n) is 6.21. The molecule has 2 nitrogen and oxygen atoms in total. The molecule has 3 rings (SSSR count). The standard InChI is InChI=1S/C13H11ClF3IN2/c1-6(18)10-11(14)20-5-8(7-2-3-7)4-9(12(20)19-10)13(15,16)17/h4-7H,2-3H2,1H3.